The third-order valence-corrected chi connectivity index (χ3v) is 3.31. The summed E-state index contributed by atoms with van der Waals surface area (Å²) in [4.78, 5) is 9.09. The Labute approximate surface area is 161 Å². The average molecular weight is 440 g/mol. The van der Waals surface area contributed by atoms with Gasteiger partial charge in [0.1, 0.15) is 5.75 Å². The van der Waals surface area contributed by atoms with E-state index in [1.54, 1.807) is 7.11 Å². The second-order valence-electron chi connectivity index (χ2n) is 5.17. The molecule has 1 heterocycles. The maximum absolute atomic E-state index is 5.16. The van der Waals surface area contributed by atoms with Crippen molar-refractivity contribution in [3.63, 3.8) is 0 Å². The van der Waals surface area contributed by atoms with Gasteiger partial charge in [-0.3, -0.25) is 4.98 Å². The molecule has 0 saturated carbocycles. The summed E-state index contributed by atoms with van der Waals surface area (Å²) in [7, 11) is 1.67. The summed E-state index contributed by atoms with van der Waals surface area (Å²) in [5.74, 6) is 1.64. The van der Waals surface area contributed by atoms with Crippen LogP contribution in [0, 0.1) is 6.92 Å². The summed E-state index contributed by atoms with van der Waals surface area (Å²) >= 11 is 0. The predicted octanol–water partition coefficient (Wildman–Crippen LogP) is 3.27. The van der Waals surface area contributed by atoms with Gasteiger partial charge in [-0.1, -0.05) is 18.2 Å². The maximum atomic E-state index is 5.16. The molecule has 2 aromatic rings. The average Bonchev–Trinajstić information content (AvgIpc) is 2.58. The second-order valence-corrected chi connectivity index (χ2v) is 5.17. The highest BCUT2D eigenvalue weighted by atomic mass is 127. The fourth-order valence-electron chi connectivity index (χ4n) is 2.12. The quantitative estimate of drug-likeness (QED) is 0.411. The zero-order valence-electron chi connectivity index (χ0n) is 14.4. The number of aliphatic imine (C=N–C) groups is 1. The summed E-state index contributed by atoms with van der Waals surface area (Å²) in [6.45, 7) is 6.12. The lowest BCUT2D eigenvalue weighted by Crippen LogP contribution is -2.37. The number of guanidine groups is 1. The van der Waals surface area contributed by atoms with Crippen LogP contribution >= 0.6 is 24.0 Å². The predicted molar refractivity (Wildman–Crippen MR) is 109 cm³/mol. The highest BCUT2D eigenvalue weighted by molar-refractivity contribution is 14.0. The fraction of sp³-hybridized carbons (Fsp3) is 0.333. The van der Waals surface area contributed by atoms with Crippen LogP contribution in [0.4, 0.5) is 0 Å². The first kappa shape index (κ1) is 20.2. The second kappa shape index (κ2) is 10.9. The lowest BCUT2D eigenvalue weighted by molar-refractivity contribution is 0.414. The van der Waals surface area contributed by atoms with Crippen LogP contribution in [0.25, 0.3) is 0 Å². The molecule has 2 rings (SSSR count). The minimum absolute atomic E-state index is 0. The van der Waals surface area contributed by atoms with Crippen molar-refractivity contribution in [1.29, 1.82) is 0 Å². The van der Waals surface area contributed by atoms with Crippen molar-refractivity contribution in [2.24, 2.45) is 4.99 Å². The molecule has 2 N–H and O–H groups in total. The number of rotatable bonds is 6. The van der Waals surface area contributed by atoms with E-state index < -0.39 is 0 Å². The van der Waals surface area contributed by atoms with Crippen LogP contribution in [-0.2, 0) is 13.1 Å². The van der Waals surface area contributed by atoms with Gasteiger partial charge in [-0.05, 0) is 43.7 Å². The van der Waals surface area contributed by atoms with Gasteiger partial charge in [-0.25, -0.2) is 4.99 Å². The van der Waals surface area contributed by atoms with E-state index in [1.807, 2.05) is 49.4 Å². The van der Waals surface area contributed by atoms with Crippen LogP contribution in [0.1, 0.15) is 23.9 Å². The van der Waals surface area contributed by atoms with Gasteiger partial charge >= 0.3 is 0 Å². The van der Waals surface area contributed by atoms with Gasteiger partial charge in [0.15, 0.2) is 5.96 Å². The van der Waals surface area contributed by atoms with Crippen LogP contribution in [0.15, 0.2) is 47.5 Å². The fourth-order valence-corrected chi connectivity index (χ4v) is 2.12. The molecule has 130 valence electrons. The minimum Gasteiger partial charge on any atom is -0.497 e. The van der Waals surface area contributed by atoms with Crippen molar-refractivity contribution in [2.45, 2.75) is 26.9 Å². The third-order valence-electron chi connectivity index (χ3n) is 3.31. The van der Waals surface area contributed by atoms with E-state index in [-0.39, 0.29) is 24.0 Å². The molecule has 0 aliphatic carbocycles. The molecule has 0 spiro atoms. The van der Waals surface area contributed by atoms with E-state index in [2.05, 4.69) is 27.5 Å². The number of hydrogen-bond acceptors (Lipinski definition) is 3. The van der Waals surface area contributed by atoms with Crippen LogP contribution < -0.4 is 15.4 Å². The Morgan fingerprint density at radius 3 is 2.50 bits per heavy atom. The van der Waals surface area contributed by atoms with E-state index in [0.29, 0.717) is 13.1 Å². The number of halogens is 1. The van der Waals surface area contributed by atoms with Gasteiger partial charge in [0.25, 0.3) is 0 Å². The summed E-state index contributed by atoms with van der Waals surface area (Å²) in [5, 5.41) is 6.56. The van der Waals surface area contributed by atoms with Gasteiger partial charge in [-0.2, -0.15) is 0 Å². The summed E-state index contributed by atoms with van der Waals surface area (Å²) in [5.41, 5.74) is 3.15. The molecule has 0 unspecified atom stereocenters. The van der Waals surface area contributed by atoms with E-state index >= 15 is 0 Å². The molecule has 1 aromatic heterocycles. The molecule has 0 bridgehead atoms. The monoisotopic (exact) mass is 440 g/mol. The van der Waals surface area contributed by atoms with Gasteiger partial charge in [0, 0.05) is 12.2 Å². The van der Waals surface area contributed by atoms with E-state index in [1.165, 1.54) is 0 Å². The van der Waals surface area contributed by atoms with E-state index in [4.69, 9.17) is 4.74 Å². The molecule has 0 saturated heterocycles. The van der Waals surface area contributed by atoms with E-state index in [0.717, 1.165) is 35.2 Å². The van der Waals surface area contributed by atoms with Crippen LogP contribution in [0.5, 0.6) is 5.75 Å². The molecule has 0 atom stereocenters. The SMILES string of the molecule is CCNC(=NCc1ccc(OC)cc1)NCc1cccc(C)n1.I. The van der Waals surface area contributed by atoms with Crippen LogP contribution in [0.2, 0.25) is 0 Å². The number of benzene rings is 1. The van der Waals surface area contributed by atoms with Crippen molar-refractivity contribution in [3.8, 4) is 5.75 Å². The number of aromatic nitrogens is 1. The molecule has 0 amide bonds. The van der Waals surface area contributed by atoms with Crippen molar-refractivity contribution in [3.05, 3.63) is 59.4 Å². The van der Waals surface area contributed by atoms with Crippen molar-refractivity contribution in [1.82, 2.24) is 15.6 Å². The highest BCUT2D eigenvalue weighted by Crippen LogP contribution is 2.11. The number of pyridine rings is 1. The molecule has 1 aromatic carbocycles. The lowest BCUT2D eigenvalue weighted by atomic mass is 10.2. The standard InChI is InChI=1S/C18H24N4O.HI/c1-4-19-18(21-13-16-7-5-6-14(2)22-16)20-12-15-8-10-17(23-3)11-9-15;/h5-11H,4,12-13H2,1-3H3,(H2,19,20,21);1H. The number of ether oxygens (including phenoxy) is 1. The van der Waals surface area contributed by atoms with Gasteiger partial charge in [0.05, 0.1) is 25.9 Å². The first-order chi connectivity index (χ1) is 11.2. The van der Waals surface area contributed by atoms with Gasteiger partial charge in [0.2, 0.25) is 0 Å². The van der Waals surface area contributed by atoms with Crippen molar-refractivity contribution >= 4 is 29.9 Å². The molecule has 5 nitrogen and oxygen atoms in total. The first-order valence-electron chi connectivity index (χ1n) is 7.79. The lowest BCUT2D eigenvalue weighted by Gasteiger charge is -2.11. The third kappa shape index (κ3) is 6.74. The molecule has 0 aliphatic rings. The normalized spacial score (nSPS) is 10.7. The summed E-state index contributed by atoms with van der Waals surface area (Å²) in [6, 6.07) is 14.0. The number of aryl methyl sites for hydroxylation is 1. The van der Waals surface area contributed by atoms with Crippen molar-refractivity contribution in [2.75, 3.05) is 13.7 Å². The molecule has 6 heteroatoms. The maximum Gasteiger partial charge on any atom is 0.191 e. The van der Waals surface area contributed by atoms with Crippen LogP contribution in [-0.4, -0.2) is 24.6 Å². The first-order valence-corrected chi connectivity index (χ1v) is 7.79. The number of methoxy groups -OCH3 is 1. The minimum atomic E-state index is 0. The number of nitrogens with one attached hydrogen (secondary N) is 2. The largest absolute Gasteiger partial charge is 0.497 e. The zero-order chi connectivity index (χ0) is 16.5. The molecule has 24 heavy (non-hydrogen) atoms. The Balaban J connectivity index is 0.00000288. The Kier molecular flexibility index (Phi) is 9.14. The van der Waals surface area contributed by atoms with Crippen LogP contribution in [0.3, 0.4) is 0 Å². The molecule has 0 aliphatic heterocycles. The number of nitrogens with zero attached hydrogens (tertiary/aromatic N) is 2. The van der Waals surface area contributed by atoms with Gasteiger partial charge < -0.3 is 15.4 Å². The van der Waals surface area contributed by atoms with E-state index in [9.17, 15) is 0 Å². The Morgan fingerprint density at radius 1 is 1.12 bits per heavy atom. The molecular weight excluding hydrogens is 415 g/mol. The number of hydrogen-bond donors (Lipinski definition) is 2. The zero-order valence-corrected chi connectivity index (χ0v) is 16.7. The van der Waals surface area contributed by atoms with Crippen molar-refractivity contribution < 1.29 is 4.74 Å². The topological polar surface area (TPSA) is 58.5 Å². The summed E-state index contributed by atoms with van der Waals surface area (Å²) in [6.07, 6.45) is 0. The Morgan fingerprint density at radius 2 is 1.88 bits per heavy atom. The highest BCUT2D eigenvalue weighted by Gasteiger charge is 2.00. The van der Waals surface area contributed by atoms with Gasteiger partial charge in [-0.15, -0.1) is 24.0 Å². The molecular formula is C18H25IN4O. The molecule has 0 fully saturated rings. The Bertz CT molecular complexity index is 644. The smallest absolute Gasteiger partial charge is 0.191 e. The summed E-state index contributed by atoms with van der Waals surface area (Å²) < 4.78 is 5.16. The molecule has 0 radical (unpaired) electrons. The Hall–Kier alpha value is -1.83.